The van der Waals surface area contributed by atoms with Crippen LogP contribution in [0, 0.1) is 0 Å². The molecule has 0 amide bonds. The highest BCUT2D eigenvalue weighted by atomic mass is 15.0. The molecule has 0 aromatic carbocycles. The topological polar surface area (TPSA) is 38.0 Å². The quantitative estimate of drug-likeness (QED) is 0.597. The van der Waals surface area contributed by atoms with Crippen LogP contribution in [0.25, 0.3) is 0 Å². The van der Waals surface area contributed by atoms with Crippen molar-refractivity contribution in [1.82, 2.24) is 5.32 Å². The molecule has 0 saturated heterocycles. The number of hydrogen-bond acceptors (Lipinski definition) is 2. The Balaban J connectivity index is 3.25. The Morgan fingerprint density at radius 3 is 2.67 bits per heavy atom. The second-order valence-corrected chi connectivity index (χ2v) is 1.99. The normalized spacial score (nSPS) is 11.6. The second-order valence-electron chi connectivity index (χ2n) is 1.99. The third-order valence-electron chi connectivity index (χ3n) is 1.00. The van der Waals surface area contributed by atoms with Crippen molar-refractivity contribution in [2.75, 3.05) is 6.54 Å². The monoisotopic (exact) mass is 128 g/mol. The summed E-state index contributed by atoms with van der Waals surface area (Å²) in [5, 5.41) is 3.07. The van der Waals surface area contributed by atoms with Crippen molar-refractivity contribution in [2.24, 2.45) is 5.73 Å². The van der Waals surface area contributed by atoms with Gasteiger partial charge in [-0.15, -0.1) is 0 Å². The van der Waals surface area contributed by atoms with Crippen molar-refractivity contribution >= 4 is 0 Å². The summed E-state index contributed by atoms with van der Waals surface area (Å²) in [5.41, 5.74) is 5.52. The lowest BCUT2D eigenvalue weighted by molar-refractivity contribution is 0.756. The van der Waals surface area contributed by atoms with Crippen LogP contribution in [-0.4, -0.2) is 6.54 Å². The van der Waals surface area contributed by atoms with Gasteiger partial charge in [-0.1, -0.05) is 13.8 Å². The molecule has 0 rings (SSSR count). The molecule has 0 aliphatic heterocycles. The van der Waals surface area contributed by atoms with E-state index in [0.29, 0.717) is 0 Å². The molecule has 54 valence electrons. The lowest BCUT2D eigenvalue weighted by Gasteiger charge is -2.02. The standard InChI is InChI=1S/C7H16N2/c1-3-5-7(8)9-6-4-2/h5,9H,3-4,6,8H2,1-2H3. The molecular weight excluding hydrogens is 112 g/mol. The second kappa shape index (κ2) is 5.48. The maximum Gasteiger partial charge on any atom is 0.0918 e. The van der Waals surface area contributed by atoms with Gasteiger partial charge in [-0.2, -0.15) is 0 Å². The maximum absolute atomic E-state index is 5.52. The van der Waals surface area contributed by atoms with Gasteiger partial charge in [0.25, 0.3) is 0 Å². The molecule has 3 N–H and O–H groups in total. The Hall–Kier alpha value is -0.660. The summed E-state index contributed by atoms with van der Waals surface area (Å²) < 4.78 is 0. The third kappa shape index (κ3) is 5.21. The molecule has 0 aliphatic rings. The van der Waals surface area contributed by atoms with Gasteiger partial charge in [-0.25, -0.2) is 0 Å². The zero-order valence-electron chi connectivity index (χ0n) is 6.28. The fourth-order valence-electron chi connectivity index (χ4n) is 0.561. The zero-order valence-corrected chi connectivity index (χ0v) is 6.28. The first-order chi connectivity index (χ1) is 4.31. The van der Waals surface area contributed by atoms with E-state index in [1.807, 2.05) is 6.08 Å². The van der Waals surface area contributed by atoms with Crippen LogP contribution in [0.4, 0.5) is 0 Å². The maximum atomic E-state index is 5.52. The van der Waals surface area contributed by atoms with E-state index in [4.69, 9.17) is 5.73 Å². The Morgan fingerprint density at radius 2 is 2.22 bits per heavy atom. The molecule has 0 aromatic heterocycles. The molecule has 2 nitrogen and oxygen atoms in total. The number of nitrogens with one attached hydrogen (secondary N) is 1. The van der Waals surface area contributed by atoms with Gasteiger partial charge in [0, 0.05) is 6.54 Å². The molecule has 0 heterocycles. The van der Waals surface area contributed by atoms with Crippen molar-refractivity contribution < 1.29 is 0 Å². The Bertz CT molecular complexity index is 86.9. The molecule has 0 radical (unpaired) electrons. The molecule has 0 atom stereocenters. The molecule has 0 unspecified atom stereocenters. The fraction of sp³-hybridized carbons (Fsp3) is 0.714. The smallest absolute Gasteiger partial charge is 0.0918 e. The van der Waals surface area contributed by atoms with E-state index in [1.54, 1.807) is 0 Å². The van der Waals surface area contributed by atoms with E-state index >= 15 is 0 Å². The van der Waals surface area contributed by atoms with Gasteiger partial charge in [0.2, 0.25) is 0 Å². The minimum absolute atomic E-state index is 0.805. The molecule has 9 heavy (non-hydrogen) atoms. The third-order valence-corrected chi connectivity index (χ3v) is 1.00. The minimum atomic E-state index is 0.805. The van der Waals surface area contributed by atoms with Crippen molar-refractivity contribution in [2.45, 2.75) is 26.7 Å². The first-order valence-electron chi connectivity index (χ1n) is 3.50. The molecular formula is C7H16N2. The number of rotatable bonds is 4. The van der Waals surface area contributed by atoms with Crippen LogP contribution >= 0.6 is 0 Å². The summed E-state index contributed by atoms with van der Waals surface area (Å²) in [5.74, 6) is 0.805. The average molecular weight is 128 g/mol. The summed E-state index contributed by atoms with van der Waals surface area (Å²) in [7, 11) is 0. The van der Waals surface area contributed by atoms with Gasteiger partial charge >= 0.3 is 0 Å². The van der Waals surface area contributed by atoms with Gasteiger partial charge in [-0.05, 0) is 18.9 Å². The van der Waals surface area contributed by atoms with Gasteiger partial charge in [0.1, 0.15) is 0 Å². The average Bonchev–Trinajstić information content (AvgIpc) is 1.85. The van der Waals surface area contributed by atoms with Crippen molar-refractivity contribution in [1.29, 1.82) is 0 Å². The van der Waals surface area contributed by atoms with Crippen molar-refractivity contribution in [3.63, 3.8) is 0 Å². The molecule has 0 fully saturated rings. The minimum Gasteiger partial charge on any atom is -0.386 e. The van der Waals surface area contributed by atoms with Gasteiger partial charge < -0.3 is 11.1 Å². The highest BCUT2D eigenvalue weighted by Gasteiger charge is 1.82. The van der Waals surface area contributed by atoms with Crippen LogP contribution in [0.1, 0.15) is 26.7 Å². The summed E-state index contributed by atoms with van der Waals surface area (Å²) in [4.78, 5) is 0. The summed E-state index contributed by atoms with van der Waals surface area (Å²) >= 11 is 0. The van der Waals surface area contributed by atoms with Crippen LogP contribution in [0.3, 0.4) is 0 Å². The van der Waals surface area contributed by atoms with E-state index < -0.39 is 0 Å². The fourth-order valence-corrected chi connectivity index (χ4v) is 0.561. The largest absolute Gasteiger partial charge is 0.386 e. The first-order valence-corrected chi connectivity index (χ1v) is 3.50. The van der Waals surface area contributed by atoms with Crippen LogP contribution in [0.5, 0.6) is 0 Å². The van der Waals surface area contributed by atoms with Crippen molar-refractivity contribution in [3.8, 4) is 0 Å². The van der Waals surface area contributed by atoms with Gasteiger partial charge in [-0.3, -0.25) is 0 Å². The number of nitrogens with two attached hydrogens (primary N) is 1. The number of allylic oxidation sites excluding steroid dienone is 1. The summed E-state index contributed by atoms with van der Waals surface area (Å²) in [6, 6.07) is 0. The summed E-state index contributed by atoms with van der Waals surface area (Å²) in [6.07, 6.45) is 4.11. The molecule has 0 aliphatic carbocycles. The molecule has 0 spiro atoms. The van der Waals surface area contributed by atoms with E-state index in [0.717, 1.165) is 25.2 Å². The van der Waals surface area contributed by atoms with Crippen LogP contribution in [0.15, 0.2) is 11.9 Å². The summed E-state index contributed by atoms with van der Waals surface area (Å²) in [6.45, 7) is 5.16. The van der Waals surface area contributed by atoms with E-state index in [1.165, 1.54) is 0 Å². The Kier molecular flexibility index (Phi) is 5.07. The van der Waals surface area contributed by atoms with Crippen molar-refractivity contribution in [3.05, 3.63) is 11.9 Å². The van der Waals surface area contributed by atoms with Gasteiger partial charge in [0.05, 0.1) is 5.82 Å². The Morgan fingerprint density at radius 1 is 1.56 bits per heavy atom. The highest BCUT2D eigenvalue weighted by Crippen LogP contribution is 1.82. The van der Waals surface area contributed by atoms with Gasteiger partial charge in [0.15, 0.2) is 0 Å². The van der Waals surface area contributed by atoms with Crippen LogP contribution < -0.4 is 11.1 Å². The van der Waals surface area contributed by atoms with Crippen LogP contribution in [-0.2, 0) is 0 Å². The van der Waals surface area contributed by atoms with E-state index in [-0.39, 0.29) is 0 Å². The molecule has 0 bridgehead atoms. The van der Waals surface area contributed by atoms with Crippen LogP contribution in [0.2, 0.25) is 0 Å². The lowest BCUT2D eigenvalue weighted by Crippen LogP contribution is -2.20. The molecule has 2 heteroatoms. The zero-order chi connectivity index (χ0) is 7.11. The molecule has 0 aromatic rings. The number of hydrogen-bond donors (Lipinski definition) is 2. The predicted molar refractivity (Wildman–Crippen MR) is 40.9 cm³/mol. The SMILES string of the molecule is CCC=C(N)NCCC. The Labute approximate surface area is 57.1 Å². The predicted octanol–water partition coefficient (Wildman–Crippen LogP) is 1.20. The lowest BCUT2D eigenvalue weighted by atomic mass is 10.4. The highest BCUT2D eigenvalue weighted by molar-refractivity contribution is 4.92. The van der Waals surface area contributed by atoms with E-state index in [2.05, 4.69) is 19.2 Å². The molecule has 0 saturated carbocycles. The van der Waals surface area contributed by atoms with E-state index in [9.17, 15) is 0 Å². The first kappa shape index (κ1) is 8.34.